The number of nitrogens with one attached hydrogen (secondary N) is 1. The van der Waals surface area contributed by atoms with Gasteiger partial charge in [0.1, 0.15) is 18.0 Å². The molecule has 2 heterocycles. The molecular formula is C14H20N6O. The van der Waals surface area contributed by atoms with Crippen LogP contribution in [0, 0.1) is 0 Å². The number of pyridine rings is 1. The Morgan fingerprint density at radius 1 is 1.38 bits per heavy atom. The van der Waals surface area contributed by atoms with E-state index in [2.05, 4.69) is 20.4 Å². The lowest BCUT2D eigenvalue weighted by Gasteiger charge is -2.15. The lowest BCUT2D eigenvalue weighted by Crippen LogP contribution is -2.22. The van der Waals surface area contributed by atoms with Crippen molar-refractivity contribution in [1.29, 1.82) is 0 Å². The zero-order valence-electron chi connectivity index (χ0n) is 12.7. The van der Waals surface area contributed by atoms with Crippen molar-refractivity contribution in [3.05, 3.63) is 36.0 Å². The lowest BCUT2D eigenvalue weighted by atomic mass is 10.2. The van der Waals surface area contributed by atoms with Crippen molar-refractivity contribution in [3.8, 4) is 0 Å². The third kappa shape index (κ3) is 3.36. The van der Waals surface area contributed by atoms with Crippen LogP contribution < -0.4 is 5.32 Å². The maximum absolute atomic E-state index is 11.8. The summed E-state index contributed by atoms with van der Waals surface area (Å²) in [7, 11) is 3.43. The third-order valence-electron chi connectivity index (χ3n) is 3.11. The average Bonchev–Trinajstić information content (AvgIpc) is 2.95. The molecule has 0 aliphatic rings. The zero-order chi connectivity index (χ0) is 15.4. The van der Waals surface area contributed by atoms with E-state index in [0.717, 1.165) is 12.4 Å². The fraction of sp³-hybridized carbons (Fsp3) is 0.429. The summed E-state index contributed by atoms with van der Waals surface area (Å²) in [5.41, 5.74) is 0.565. The van der Waals surface area contributed by atoms with Crippen LogP contribution in [0.4, 0.5) is 5.82 Å². The SMILES string of the molecule is CCn1ncnc1C(C)Nc1ccc(C(=O)N(C)C)cn1. The molecule has 0 fully saturated rings. The summed E-state index contributed by atoms with van der Waals surface area (Å²) in [4.78, 5) is 21.8. The number of aromatic nitrogens is 4. The molecule has 7 nitrogen and oxygen atoms in total. The van der Waals surface area contributed by atoms with Crippen molar-refractivity contribution in [1.82, 2.24) is 24.6 Å². The van der Waals surface area contributed by atoms with Crippen LogP contribution in [0.15, 0.2) is 24.7 Å². The molecule has 0 saturated carbocycles. The Labute approximate surface area is 124 Å². The summed E-state index contributed by atoms with van der Waals surface area (Å²) in [6.45, 7) is 4.78. The highest BCUT2D eigenvalue weighted by molar-refractivity contribution is 5.93. The molecule has 112 valence electrons. The number of aryl methyl sites for hydroxylation is 1. The Bertz CT molecular complexity index is 604. The van der Waals surface area contributed by atoms with E-state index in [-0.39, 0.29) is 11.9 Å². The smallest absolute Gasteiger partial charge is 0.254 e. The molecule has 7 heteroatoms. The molecule has 2 rings (SSSR count). The van der Waals surface area contributed by atoms with Gasteiger partial charge in [0.2, 0.25) is 0 Å². The minimum atomic E-state index is -0.0622. The molecule has 2 aromatic rings. The normalized spacial score (nSPS) is 12.0. The van der Waals surface area contributed by atoms with Crippen molar-refractivity contribution < 1.29 is 4.79 Å². The molecule has 21 heavy (non-hydrogen) atoms. The Balaban J connectivity index is 2.08. The van der Waals surface area contributed by atoms with Gasteiger partial charge in [-0.15, -0.1) is 0 Å². The summed E-state index contributed by atoms with van der Waals surface area (Å²) in [6, 6.07) is 3.53. The Morgan fingerprint density at radius 2 is 2.14 bits per heavy atom. The molecule has 1 amide bonds. The van der Waals surface area contributed by atoms with Crippen LogP contribution in [-0.2, 0) is 6.54 Å². The first kappa shape index (κ1) is 15.0. The fourth-order valence-corrected chi connectivity index (χ4v) is 2.00. The highest BCUT2D eigenvalue weighted by Crippen LogP contribution is 2.16. The van der Waals surface area contributed by atoms with Crippen LogP contribution in [0.3, 0.4) is 0 Å². The van der Waals surface area contributed by atoms with E-state index in [4.69, 9.17) is 0 Å². The second-order valence-corrected chi connectivity index (χ2v) is 4.93. The van der Waals surface area contributed by atoms with Gasteiger partial charge in [0.15, 0.2) is 0 Å². The summed E-state index contributed by atoms with van der Waals surface area (Å²) in [5, 5.41) is 7.40. The van der Waals surface area contributed by atoms with E-state index < -0.39 is 0 Å². The minimum Gasteiger partial charge on any atom is -0.360 e. The van der Waals surface area contributed by atoms with Gasteiger partial charge in [-0.1, -0.05) is 0 Å². The first-order valence-electron chi connectivity index (χ1n) is 6.84. The summed E-state index contributed by atoms with van der Waals surface area (Å²) >= 11 is 0. The van der Waals surface area contributed by atoms with Crippen LogP contribution in [0.1, 0.15) is 36.1 Å². The molecule has 1 atom stereocenters. The fourth-order valence-electron chi connectivity index (χ4n) is 2.00. The number of rotatable bonds is 5. The van der Waals surface area contributed by atoms with Crippen molar-refractivity contribution in [3.63, 3.8) is 0 Å². The highest BCUT2D eigenvalue weighted by Gasteiger charge is 2.13. The minimum absolute atomic E-state index is 0.0182. The molecule has 1 N–H and O–H groups in total. The highest BCUT2D eigenvalue weighted by atomic mass is 16.2. The number of nitrogens with zero attached hydrogens (tertiary/aromatic N) is 5. The Hall–Kier alpha value is -2.44. The van der Waals surface area contributed by atoms with Crippen molar-refractivity contribution in [2.45, 2.75) is 26.4 Å². The van der Waals surface area contributed by atoms with Crippen LogP contribution >= 0.6 is 0 Å². The number of carbonyl (C=O) groups is 1. The van der Waals surface area contributed by atoms with E-state index in [1.807, 2.05) is 18.5 Å². The standard InChI is InChI=1S/C14H20N6O/c1-5-20-13(16-9-17-20)10(2)18-12-7-6-11(8-15-12)14(21)19(3)4/h6-10H,5H2,1-4H3,(H,15,18). The van der Waals surface area contributed by atoms with Gasteiger partial charge in [0.25, 0.3) is 5.91 Å². The van der Waals surface area contributed by atoms with Gasteiger partial charge in [-0.05, 0) is 26.0 Å². The molecule has 0 aromatic carbocycles. The Kier molecular flexibility index (Phi) is 4.52. The first-order chi connectivity index (χ1) is 10.0. The van der Waals surface area contributed by atoms with E-state index in [1.54, 1.807) is 38.8 Å². The van der Waals surface area contributed by atoms with Crippen LogP contribution in [-0.4, -0.2) is 44.7 Å². The zero-order valence-corrected chi connectivity index (χ0v) is 12.7. The lowest BCUT2D eigenvalue weighted by molar-refractivity contribution is 0.0827. The van der Waals surface area contributed by atoms with Crippen molar-refractivity contribution in [2.24, 2.45) is 0 Å². The van der Waals surface area contributed by atoms with Gasteiger partial charge in [-0.2, -0.15) is 5.10 Å². The maximum Gasteiger partial charge on any atom is 0.254 e. The average molecular weight is 288 g/mol. The predicted molar refractivity (Wildman–Crippen MR) is 80.0 cm³/mol. The summed E-state index contributed by atoms with van der Waals surface area (Å²) in [5.74, 6) is 1.49. The van der Waals surface area contributed by atoms with E-state index in [1.165, 1.54) is 4.90 Å². The van der Waals surface area contributed by atoms with Gasteiger partial charge in [-0.25, -0.2) is 14.6 Å². The second-order valence-electron chi connectivity index (χ2n) is 4.93. The monoisotopic (exact) mass is 288 g/mol. The van der Waals surface area contributed by atoms with Gasteiger partial charge < -0.3 is 10.2 Å². The maximum atomic E-state index is 11.8. The summed E-state index contributed by atoms with van der Waals surface area (Å²) < 4.78 is 1.83. The number of hydrogen-bond donors (Lipinski definition) is 1. The molecule has 1 unspecified atom stereocenters. The molecule has 0 aliphatic heterocycles. The summed E-state index contributed by atoms with van der Waals surface area (Å²) in [6.07, 6.45) is 3.12. The van der Waals surface area contributed by atoms with Gasteiger partial charge in [-0.3, -0.25) is 4.79 Å². The molecule has 0 saturated heterocycles. The molecule has 0 bridgehead atoms. The number of carbonyl (C=O) groups excluding carboxylic acids is 1. The number of hydrogen-bond acceptors (Lipinski definition) is 5. The van der Waals surface area contributed by atoms with Crippen LogP contribution in [0.2, 0.25) is 0 Å². The largest absolute Gasteiger partial charge is 0.360 e. The van der Waals surface area contributed by atoms with Crippen molar-refractivity contribution in [2.75, 3.05) is 19.4 Å². The number of amides is 1. The number of anilines is 1. The van der Waals surface area contributed by atoms with Gasteiger partial charge in [0, 0.05) is 26.8 Å². The molecular weight excluding hydrogens is 268 g/mol. The predicted octanol–water partition coefficient (Wildman–Crippen LogP) is 1.57. The molecule has 0 spiro atoms. The van der Waals surface area contributed by atoms with Gasteiger partial charge >= 0.3 is 0 Å². The molecule has 2 aromatic heterocycles. The van der Waals surface area contributed by atoms with Crippen molar-refractivity contribution >= 4 is 11.7 Å². The Morgan fingerprint density at radius 3 is 2.71 bits per heavy atom. The quantitative estimate of drug-likeness (QED) is 0.903. The molecule has 0 aliphatic carbocycles. The van der Waals surface area contributed by atoms with Gasteiger partial charge in [0.05, 0.1) is 11.6 Å². The van der Waals surface area contributed by atoms with E-state index >= 15 is 0 Å². The van der Waals surface area contributed by atoms with E-state index in [0.29, 0.717) is 11.4 Å². The van der Waals surface area contributed by atoms with Crippen LogP contribution in [0.25, 0.3) is 0 Å². The van der Waals surface area contributed by atoms with E-state index in [9.17, 15) is 4.79 Å². The van der Waals surface area contributed by atoms with Crippen LogP contribution in [0.5, 0.6) is 0 Å². The third-order valence-corrected chi connectivity index (χ3v) is 3.11. The first-order valence-corrected chi connectivity index (χ1v) is 6.84. The molecule has 0 radical (unpaired) electrons. The second kappa shape index (κ2) is 6.34. The topological polar surface area (TPSA) is 75.9 Å².